The van der Waals surface area contributed by atoms with E-state index >= 15 is 0 Å². The van der Waals surface area contributed by atoms with Gasteiger partial charge in [0.2, 0.25) is 0 Å². The lowest BCUT2D eigenvalue weighted by Crippen LogP contribution is -2.28. The minimum Gasteiger partial charge on any atom is -0.310 e. The highest BCUT2D eigenvalue weighted by atomic mass is 19.1. The normalized spacial score (nSPS) is 23.4. The van der Waals surface area contributed by atoms with Crippen LogP contribution in [0, 0.1) is 17.2 Å². The van der Waals surface area contributed by atoms with Gasteiger partial charge in [-0.2, -0.15) is 0 Å². The van der Waals surface area contributed by atoms with Crippen molar-refractivity contribution in [1.82, 2.24) is 5.32 Å². The molecule has 1 nitrogen and oxygen atoms in total. The molecule has 0 aliphatic heterocycles. The van der Waals surface area contributed by atoms with Crippen LogP contribution < -0.4 is 5.32 Å². The molecule has 0 radical (unpaired) electrons. The van der Waals surface area contributed by atoms with E-state index < -0.39 is 0 Å². The molecule has 2 heteroatoms. The van der Waals surface area contributed by atoms with E-state index in [4.69, 9.17) is 0 Å². The summed E-state index contributed by atoms with van der Waals surface area (Å²) in [5, 5.41) is 3.58. The summed E-state index contributed by atoms with van der Waals surface area (Å²) in [7, 11) is 0. The molecule has 2 fully saturated rings. The van der Waals surface area contributed by atoms with Gasteiger partial charge in [0.25, 0.3) is 0 Å². The average molecular weight is 233 g/mol. The number of hydrogen-bond donors (Lipinski definition) is 1. The summed E-state index contributed by atoms with van der Waals surface area (Å²) >= 11 is 0. The molecule has 1 aromatic carbocycles. The van der Waals surface area contributed by atoms with Crippen LogP contribution in [-0.4, -0.2) is 6.54 Å². The first kappa shape index (κ1) is 11.2. The molecule has 0 amide bonds. The zero-order chi connectivity index (χ0) is 11.9. The van der Waals surface area contributed by atoms with Gasteiger partial charge in [-0.3, -0.25) is 0 Å². The number of benzene rings is 1. The molecule has 0 spiro atoms. The molecule has 17 heavy (non-hydrogen) atoms. The molecule has 2 saturated carbocycles. The van der Waals surface area contributed by atoms with Gasteiger partial charge >= 0.3 is 0 Å². The Morgan fingerprint density at radius 3 is 2.76 bits per heavy atom. The van der Waals surface area contributed by atoms with Gasteiger partial charge in [0.15, 0.2) is 0 Å². The fourth-order valence-electron chi connectivity index (χ4n) is 2.84. The Balaban J connectivity index is 1.58. The molecule has 1 N–H and O–H groups in total. The van der Waals surface area contributed by atoms with Crippen molar-refractivity contribution in [3.8, 4) is 0 Å². The van der Waals surface area contributed by atoms with Crippen LogP contribution in [0.5, 0.6) is 0 Å². The Labute approximate surface area is 102 Å². The van der Waals surface area contributed by atoms with Crippen molar-refractivity contribution in [2.75, 3.05) is 6.54 Å². The summed E-state index contributed by atoms with van der Waals surface area (Å²) in [5.41, 5.74) is 1.67. The van der Waals surface area contributed by atoms with E-state index in [1.165, 1.54) is 31.7 Å². The monoisotopic (exact) mass is 233 g/mol. The first-order valence-electron chi connectivity index (χ1n) is 6.68. The molecule has 92 valence electrons. The van der Waals surface area contributed by atoms with E-state index in [2.05, 4.69) is 12.2 Å². The van der Waals surface area contributed by atoms with Crippen LogP contribution >= 0.6 is 0 Å². The topological polar surface area (TPSA) is 12.0 Å². The van der Waals surface area contributed by atoms with Gasteiger partial charge in [-0.1, -0.05) is 12.1 Å². The van der Waals surface area contributed by atoms with Crippen LogP contribution in [0.1, 0.15) is 44.2 Å². The van der Waals surface area contributed by atoms with Crippen molar-refractivity contribution in [2.24, 2.45) is 11.3 Å². The fraction of sp³-hybridized carbons (Fsp3) is 0.600. The van der Waals surface area contributed by atoms with E-state index in [9.17, 15) is 4.39 Å². The standard InChI is InChI=1S/C15H20FN/c1-11(12-3-2-4-14(16)9-12)17-10-15(7-8-15)13-5-6-13/h2-4,9,11,13,17H,5-8,10H2,1H3. The van der Waals surface area contributed by atoms with Crippen molar-refractivity contribution in [1.29, 1.82) is 0 Å². The molecule has 0 aromatic heterocycles. The maximum Gasteiger partial charge on any atom is 0.123 e. The van der Waals surface area contributed by atoms with Gasteiger partial charge in [-0.25, -0.2) is 4.39 Å². The molecular weight excluding hydrogens is 213 g/mol. The summed E-state index contributed by atoms with van der Waals surface area (Å²) in [6.45, 7) is 3.23. The van der Waals surface area contributed by atoms with Crippen LogP contribution in [0.2, 0.25) is 0 Å². The second-order valence-corrected chi connectivity index (χ2v) is 5.79. The Morgan fingerprint density at radius 2 is 2.18 bits per heavy atom. The van der Waals surface area contributed by atoms with E-state index in [-0.39, 0.29) is 11.9 Å². The minimum atomic E-state index is -0.139. The second kappa shape index (κ2) is 4.09. The fourth-order valence-corrected chi connectivity index (χ4v) is 2.84. The zero-order valence-electron chi connectivity index (χ0n) is 10.4. The zero-order valence-corrected chi connectivity index (χ0v) is 10.4. The molecule has 3 rings (SSSR count). The third kappa shape index (κ3) is 2.37. The van der Waals surface area contributed by atoms with Gasteiger partial charge in [0.1, 0.15) is 5.82 Å². The van der Waals surface area contributed by atoms with Gasteiger partial charge in [0.05, 0.1) is 0 Å². The molecule has 1 aromatic rings. The highest BCUT2D eigenvalue weighted by Crippen LogP contribution is 2.60. The van der Waals surface area contributed by atoms with Gasteiger partial charge in [0, 0.05) is 12.6 Å². The molecule has 1 unspecified atom stereocenters. The quantitative estimate of drug-likeness (QED) is 0.818. The average Bonchev–Trinajstić information content (AvgIpc) is 3.15. The van der Waals surface area contributed by atoms with Crippen molar-refractivity contribution in [2.45, 2.75) is 38.6 Å². The third-order valence-corrected chi connectivity index (χ3v) is 4.44. The smallest absolute Gasteiger partial charge is 0.123 e. The lowest BCUT2D eigenvalue weighted by Gasteiger charge is -2.20. The van der Waals surface area contributed by atoms with Gasteiger partial charge in [-0.15, -0.1) is 0 Å². The van der Waals surface area contributed by atoms with Crippen LogP contribution in [0.25, 0.3) is 0 Å². The predicted molar refractivity (Wildman–Crippen MR) is 67.2 cm³/mol. The van der Waals surface area contributed by atoms with Crippen LogP contribution in [-0.2, 0) is 0 Å². The van der Waals surface area contributed by atoms with E-state index in [0.29, 0.717) is 5.41 Å². The van der Waals surface area contributed by atoms with Crippen LogP contribution in [0.4, 0.5) is 4.39 Å². The molecule has 1 atom stereocenters. The summed E-state index contributed by atoms with van der Waals surface area (Å²) in [6.07, 6.45) is 5.63. The number of halogens is 1. The number of hydrogen-bond acceptors (Lipinski definition) is 1. The molecule has 2 aliphatic carbocycles. The van der Waals surface area contributed by atoms with Crippen molar-refractivity contribution >= 4 is 0 Å². The van der Waals surface area contributed by atoms with Crippen molar-refractivity contribution in [3.05, 3.63) is 35.6 Å². The van der Waals surface area contributed by atoms with Crippen LogP contribution in [0.15, 0.2) is 24.3 Å². The van der Waals surface area contributed by atoms with Crippen molar-refractivity contribution < 1.29 is 4.39 Å². The van der Waals surface area contributed by atoms with E-state index in [1.807, 2.05) is 6.07 Å². The summed E-state index contributed by atoms with van der Waals surface area (Å²) in [4.78, 5) is 0. The number of nitrogens with one attached hydrogen (secondary N) is 1. The van der Waals surface area contributed by atoms with E-state index in [0.717, 1.165) is 18.0 Å². The molecule has 0 bridgehead atoms. The molecule has 0 saturated heterocycles. The number of rotatable bonds is 5. The predicted octanol–water partition coefficient (Wildman–Crippen LogP) is 3.67. The second-order valence-electron chi connectivity index (χ2n) is 5.79. The first-order valence-corrected chi connectivity index (χ1v) is 6.68. The Bertz CT molecular complexity index is 407. The maximum absolute atomic E-state index is 13.1. The Hall–Kier alpha value is -0.890. The maximum atomic E-state index is 13.1. The summed E-state index contributed by atoms with van der Waals surface area (Å²) < 4.78 is 13.1. The minimum absolute atomic E-state index is 0.139. The Morgan fingerprint density at radius 1 is 1.41 bits per heavy atom. The van der Waals surface area contributed by atoms with Crippen LogP contribution in [0.3, 0.4) is 0 Å². The SMILES string of the molecule is CC(NCC1(C2CC2)CC1)c1cccc(F)c1. The highest BCUT2D eigenvalue weighted by molar-refractivity contribution is 5.19. The first-order chi connectivity index (χ1) is 8.20. The van der Waals surface area contributed by atoms with Crippen molar-refractivity contribution in [3.63, 3.8) is 0 Å². The van der Waals surface area contributed by atoms with Gasteiger partial charge in [-0.05, 0) is 61.6 Å². The summed E-state index contributed by atoms with van der Waals surface area (Å²) in [5.74, 6) is 0.842. The lowest BCUT2D eigenvalue weighted by molar-refractivity contribution is 0.381. The molecule has 0 heterocycles. The Kier molecular flexibility index (Phi) is 2.70. The molecule has 2 aliphatic rings. The molecular formula is C15H20FN. The van der Waals surface area contributed by atoms with E-state index in [1.54, 1.807) is 12.1 Å². The largest absolute Gasteiger partial charge is 0.310 e. The summed E-state index contributed by atoms with van der Waals surface area (Å²) in [6, 6.07) is 7.17. The van der Waals surface area contributed by atoms with Gasteiger partial charge < -0.3 is 5.32 Å². The third-order valence-electron chi connectivity index (χ3n) is 4.44. The highest BCUT2D eigenvalue weighted by Gasteiger charge is 2.53. The lowest BCUT2D eigenvalue weighted by atomic mass is 9.99.